The molecule has 10 nitrogen and oxygen atoms in total. The van der Waals surface area contributed by atoms with Crippen LogP contribution in [0.25, 0.3) is 0 Å². The normalized spacial score (nSPS) is 16.7. The Morgan fingerprint density at radius 3 is 2.10 bits per heavy atom. The van der Waals surface area contributed by atoms with Crippen LogP contribution in [0.3, 0.4) is 0 Å². The number of hydrogen-bond donors (Lipinski definition) is 4. The van der Waals surface area contributed by atoms with E-state index in [0.717, 1.165) is 0 Å². The maximum absolute atomic E-state index is 11.1. The molecule has 3 unspecified atom stereocenters. The fourth-order valence-corrected chi connectivity index (χ4v) is 1.41. The van der Waals surface area contributed by atoms with Crippen LogP contribution in [-0.4, -0.2) is 76.7 Å². The Hall–Kier alpha value is -1.75. The van der Waals surface area contributed by atoms with Gasteiger partial charge in [-0.15, -0.1) is 0 Å². The molecule has 0 aromatic heterocycles. The molecule has 21 heavy (non-hydrogen) atoms. The molecule has 0 aliphatic heterocycles. The van der Waals surface area contributed by atoms with Crippen molar-refractivity contribution in [2.24, 2.45) is 0 Å². The van der Waals surface area contributed by atoms with Gasteiger partial charge in [-0.1, -0.05) is 0 Å². The van der Waals surface area contributed by atoms with Crippen LogP contribution in [0.4, 0.5) is 0 Å². The van der Waals surface area contributed by atoms with E-state index in [1.807, 2.05) is 0 Å². The van der Waals surface area contributed by atoms with Gasteiger partial charge in [0, 0.05) is 7.11 Å². The molecular formula is C11H18O10. The van der Waals surface area contributed by atoms with E-state index in [2.05, 4.69) is 4.74 Å². The van der Waals surface area contributed by atoms with Gasteiger partial charge in [0.05, 0.1) is 19.6 Å². The Morgan fingerprint density at radius 2 is 1.71 bits per heavy atom. The molecule has 0 aliphatic carbocycles. The van der Waals surface area contributed by atoms with Gasteiger partial charge >= 0.3 is 17.9 Å². The zero-order valence-corrected chi connectivity index (χ0v) is 11.5. The smallest absolute Gasteiger partial charge is 0.339 e. The number of methoxy groups -OCH3 is 1. The predicted octanol–water partition coefficient (Wildman–Crippen LogP) is -1.24. The van der Waals surface area contributed by atoms with Crippen LogP contribution in [0.2, 0.25) is 0 Å². The van der Waals surface area contributed by atoms with Crippen LogP contribution in [0.1, 0.15) is 13.3 Å². The van der Waals surface area contributed by atoms with Gasteiger partial charge in [0.2, 0.25) is 5.60 Å². The average molecular weight is 310 g/mol. The molecule has 10 heteroatoms. The van der Waals surface area contributed by atoms with Gasteiger partial charge in [0.15, 0.2) is 12.4 Å². The topological polar surface area (TPSA) is 160 Å². The van der Waals surface area contributed by atoms with Crippen molar-refractivity contribution in [1.29, 1.82) is 0 Å². The van der Waals surface area contributed by atoms with E-state index in [-0.39, 0.29) is 13.2 Å². The van der Waals surface area contributed by atoms with Crippen LogP contribution in [0.5, 0.6) is 0 Å². The molecule has 0 spiro atoms. The molecule has 0 saturated carbocycles. The Balaban J connectivity index is 5.03. The summed E-state index contributed by atoms with van der Waals surface area (Å²) in [6.07, 6.45) is -4.85. The second-order valence-electron chi connectivity index (χ2n) is 4.09. The molecule has 0 saturated heterocycles. The van der Waals surface area contributed by atoms with E-state index >= 15 is 0 Å². The summed E-state index contributed by atoms with van der Waals surface area (Å²) in [5.41, 5.74) is -3.13. The lowest BCUT2D eigenvalue weighted by molar-refractivity contribution is -0.227. The largest absolute Gasteiger partial charge is 0.481 e. The standard InChI is InChI=1S/C11H18O10/c1-6(20-4-3-19-2)21-8(9(14)15)11(18,10(16)17)5-7(12)13/h6,8,18H,3-5H2,1-2H3,(H,12,13)(H,14,15)(H,16,17). The summed E-state index contributed by atoms with van der Waals surface area (Å²) in [6, 6.07) is 0. The molecular weight excluding hydrogens is 292 g/mol. The first-order valence-corrected chi connectivity index (χ1v) is 5.81. The first-order chi connectivity index (χ1) is 9.65. The van der Waals surface area contributed by atoms with Gasteiger partial charge in [-0.2, -0.15) is 0 Å². The molecule has 4 N–H and O–H groups in total. The van der Waals surface area contributed by atoms with Crippen molar-refractivity contribution in [3.63, 3.8) is 0 Å². The quantitative estimate of drug-likeness (QED) is 0.268. The molecule has 0 radical (unpaired) electrons. The number of aliphatic carboxylic acids is 3. The van der Waals surface area contributed by atoms with Crippen LogP contribution in [-0.2, 0) is 28.6 Å². The lowest BCUT2D eigenvalue weighted by Gasteiger charge is -2.30. The lowest BCUT2D eigenvalue weighted by Crippen LogP contribution is -2.56. The van der Waals surface area contributed by atoms with Gasteiger partial charge in [-0.25, -0.2) is 9.59 Å². The maximum atomic E-state index is 11.1. The second-order valence-corrected chi connectivity index (χ2v) is 4.09. The highest BCUT2D eigenvalue weighted by Gasteiger charge is 2.52. The van der Waals surface area contributed by atoms with Crippen molar-refractivity contribution >= 4 is 17.9 Å². The van der Waals surface area contributed by atoms with E-state index in [4.69, 9.17) is 24.8 Å². The van der Waals surface area contributed by atoms with Crippen LogP contribution >= 0.6 is 0 Å². The highest BCUT2D eigenvalue weighted by Crippen LogP contribution is 2.21. The Bertz CT molecular complexity index is 381. The van der Waals surface area contributed by atoms with E-state index in [9.17, 15) is 19.5 Å². The SMILES string of the molecule is COCCOC(C)OC(C(=O)O)C(O)(CC(=O)O)C(=O)O. The van der Waals surface area contributed by atoms with Crippen molar-refractivity contribution in [2.75, 3.05) is 20.3 Å². The molecule has 0 aliphatic rings. The second kappa shape index (κ2) is 8.52. The molecule has 0 bridgehead atoms. The summed E-state index contributed by atoms with van der Waals surface area (Å²) < 4.78 is 14.5. The van der Waals surface area contributed by atoms with Gasteiger partial charge in [-0.3, -0.25) is 4.79 Å². The van der Waals surface area contributed by atoms with Gasteiger partial charge < -0.3 is 34.6 Å². The average Bonchev–Trinajstić information content (AvgIpc) is 2.34. The number of ether oxygens (including phenoxy) is 3. The number of aliphatic hydroxyl groups is 1. The molecule has 3 atom stereocenters. The number of carboxylic acids is 3. The number of carbonyl (C=O) groups is 3. The summed E-state index contributed by atoms with van der Waals surface area (Å²) in [6.45, 7) is 1.49. The zero-order chi connectivity index (χ0) is 16.6. The van der Waals surface area contributed by atoms with Gasteiger partial charge in [0.1, 0.15) is 0 Å². The van der Waals surface area contributed by atoms with Crippen molar-refractivity contribution in [2.45, 2.75) is 31.3 Å². The Labute approximate surface area is 119 Å². The summed E-state index contributed by atoms with van der Waals surface area (Å²) >= 11 is 0. The molecule has 0 heterocycles. The van der Waals surface area contributed by atoms with Crippen molar-refractivity contribution in [3.05, 3.63) is 0 Å². The zero-order valence-electron chi connectivity index (χ0n) is 11.5. The van der Waals surface area contributed by atoms with Gasteiger partial charge in [0.25, 0.3) is 0 Å². The van der Waals surface area contributed by atoms with Crippen molar-refractivity contribution in [1.82, 2.24) is 0 Å². The molecule has 0 amide bonds. The number of carboxylic acid groups (broad SMARTS) is 3. The first kappa shape index (κ1) is 19.2. The summed E-state index contributed by atoms with van der Waals surface area (Å²) in [5, 5.41) is 36.3. The van der Waals surface area contributed by atoms with Crippen LogP contribution in [0, 0.1) is 0 Å². The molecule has 0 aromatic carbocycles. The lowest BCUT2D eigenvalue weighted by atomic mass is 9.92. The maximum Gasteiger partial charge on any atom is 0.339 e. The minimum atomic E-state index is -3.13. The van der Waals surface area contributed by atoms with E-state index < -0.39 is 42.3 Å². The van der Waals surface area contributed by atoms with Crippen LogP contribution in [0.15, 0.2) is 0 Å². The molecule has 122 valence electrons. The highest BCUT2D eigenvalue weighted by molar-refractivity contribution is 5.91. The molecule has 0 rings (SSSR count). The Kier molecular flexibility index (Phi) is 7.81. The first-order valence-electron chi connectivity index (χ1n) is 5.81. The minimum absolute atomic E-state index is 0.0361. The fourth-order valence-electron chi connectivity index (χ4n) is 1.41. The van der Waals surface area contributed by atoms with E-state index in [1.54, 1.807) is 0 Å². The monoisotopic (exact) mass is 310 g/mol. The van der Waals surface area contributed by atoms with E-state index in [0.29, 0.717) is 0 Å². The highest BCUT2D eigenvalue weighted by atomic mass is 16.7. The fraction of sp³-hybridized carbons (Fsp3) is 0.727. The van der Waals surface area contributed by atoms with E-state index in [1.165, 1.54) is 14.0 Å². The molecule has 0 aromatic rings. The van der Waals surface area contributed by atoms with Gasteiger partial charge in [-0.05, 0) is 6.92 Å². The van der Waals surface area contributed by atoms with Crippen LogP contribution < -0.4 is 0 Å². The molecule has 0 fully saturated rings. The number of hydrogen-bond acceptors (Lipinski definition) is 7. The van der Waals surface area contributed by atoms with Crippen molar-refractivity contribution in [3.8, 4) is 0 Å². The summed E-state index contributed by atoms with van der Waals surface area (Å²) in [4.78, 5) is 32.7. The predicted molar refractivity (Wildman–Crippen MR) is 64.6 cm³/mol. The third-order valence-electron chi connectivity index (χ3n) is 2.42. The minimum Gasteiger partial charge on any atom is -0.481 e. The summed E-state index contributed by atoms with van der Waals surface area (Å²) in [7, 11) is 1.41. The summed E-state index contributed by atoms with van der Waals surface area (Å²) in [5.74, 6) is -5.55. The third kappa shape index (κ3) is 6.04. The van der Waals surface area contributed by atoms with Crippen molar-refractivity contribution < 1.29 is 49.0 Å². The Morgan fingerprint density at radius 1 is 1.14 bits per heavy atom. The third-order valence-corrected chi connectivity index (χ3v) is 2.42. The number of rotatable bonds is 11.